The number of hydrogen-bond donors (Lipinski definition) is 3. The second kappa shape index (κ2) is 8.09. The molecule has 1 aliphatic rings. The average Bonchev–Trinajstić information content (AvgIpc) is 2.74. The van der Waals surface area contributed by atoms with Crippen molar-refractivity contribution in [3.8, 4) is 5.75 Å². The van der Waals surface area contributed by atoms with E-state index in [1.165, 1.54) is 12.3 Å². The van der Waals surface area contributed by atoms with Crippen molar-refractivity contribution in [3.05, 3.63) is 69.5 Å². The van der Waals surface area contributed by atoms with E-state index in [-0.39, 0.29) is 28.2 Å². The Bertz CT molecular complexity index is 1190. The lowest BCUT2D eigenvalue weighted by atomic mass is 9.83. The lowest BCUT2D eigenvalue weighted by Crippen LogP contribution is -2.23. The molecule has 162 valence electrons. The van der Waals surface area contributed by atoms with Gasteiger partial charge in [0.05, 0.1) is 11.3 Å². The number of phenolic OH excluding ortho intramolecular Hbond substituents is 1. The summed E-state index contributed by atoms with van der Waals surface area (Å²) in [5.41, 5.74) is -1.78. The molecule has 4 rings (SSSR count). The van der Waals surface area contributed by atoms with Crippen molar-refractivity contribution in [1.29, 1.82) is 0 Å². The van der Waals surface area contributed by atoms with Gasteiger partial charge in [-0.2, -0.15) is 13.2 Å². The van der Waals surface area contributed by atoms with Crippen molar-refractivity contribution in [2.45, 2.75) is 44.2 Å². The maximum atomic E-state index is 13.8. The highest BCUT2D eigenvalue weighted by Gasteiger charge is 2.36. The molecule has 1 amide bonds. The number of phenols is 1. The number of alkyl halides is 3. The van der Waals surface area contributed by atoms with E-state index in [4.69, 9.17) is 0 Å². The molecular formula is C23H21F3N2O3. The Hall–Kier alpha value is -3.29. The van der Waals surface area contributed by atoms with Crippen molar-refractivity contribution in [2.75, 3.05) is 5.32 Å². The number of aromatic nitrogens is 1. The molecule has 8 heteroatoms. The smallest absolute Gasteiger partial charge is 0.418 e. The number of carbonyl (C=O) groups is 1. The van der Waals surface area contributed by atoms with Crippen molar-refractivity contribution < 1.29 is 23.1 Å². The molecule has 1 fully saturated rings. The van der Waals surface area contributed by atoms with E-state index in [1.807, 2.05) is 0 Å². The number of amides is 1. The summed E-state index contributed by atoms with van der Waals surface area (Å²) in [6.07, 6.45) is 0.673. The zero-order valence-corrected chi connectivity index (χ0v) is 16.6. The van der Waals surface area contributed by atoms with E-state index in [1.54, 1.807) is 18.2 Å². The van der Waals surface area contributed by atoms with E-state index >= 15 is 0 Å². The number of fused-ring (bicyclic) bond motifs is 1. The number of H-pyrrole nitrogens is 1. The van der Waals surface area contributed by atoms with Crippen molar-refractivity contribution >= 4 is 22.5 Å². The van der Waals surface area contributed by atoms with Gasteiger partial charge in [0.1, 0.15) is 11.3 Å². The van der Waals surface area contributed by atoms with Crippen molar-refractivity contribution in [1.82, 2.24) is 4.98 Å². The summed E-state index contributed by atoms with van der Waals surface area (Å²) in [6, 6.07) is 8.37. The number of carbonyl (C=O) groups excluding carboxylic acids is 1. The monoisotopic (exact) mass is 430 g/mol. The Kier molecular flexibility index (Phi) is 5.47. The molecule has 0 atom stereocenters. The average molecular weight is 430 g/mol. The Morgan fingerprint density at radius 3 is 2.52 bits per heavy atom. The maximum absolute atomic E-state index is 13.8. The Morgan fingerprint density at radius 1 is 1.10 bits per heavy atom. The van der Waals surface area contributed by atoms with Gasteiger partial charge in [-0.15, -0.1) is 0 Å². The molecule has 1 saturated carbocycles. The predicted octanol–water partition coefficient (Wildman–Crippen LogP) is 5.55. The van der Waals surface area contributed by atoms with Crippen LogP contribution >= 0.6 is 0 Å². The minimum absolute atomic E-state index is 0.150. The molecule has 0 radical (unpaired) electrons. The van der Waals surface area contributed by atoms with E-state index in [9.17, 15) is 27.9 Å². The normalized spacial score (nSPS) is 15.2. The van der Waals surface area contributed by atoms with E-state index < -0.39 is 28.8 Å². The fourth-order valence-corrected chi connectivity index (χ4v) is 4.21. The van der Waals surface area contributed by atoms with E-state index in [2.05, 4.69) is 10.3 Å². The molecule has 5 nitrogen and oxygen atoms in total. The number of benzene rings is 2. The van der Waals surface area contributed by atoms with Crippen LogP contribution in [-0.4, -0.2) is 16.0 Å². The lowest BCUT2D eigenvalue weighted by molar-refractivity contribution is -0.137. The fourth-order valence-electron chi connectivity index (χ4n) is 4.21. The van der Waals surface area contributed by atoms with Crippen LogP contribution in [0.1, 0.15) is 59.5 Å². The van der Waals surface area contributed by atoms with Crippen LogP contribution in [0.15, 0.2) is 47.4 Å². The summed E-state index contributed by atoms with van der Waals surface area (Å²) in [5.74, 6) is -1.42. The first-order chi connectivity index (χ1) is 14.8. The molecule has 3 aromatic rings. The third kappa shape index (κ3) is 4.15. The lowest BCUT2D eigenvalue weighted by Gasteiger charge is -2.25. The number of halogens is 3. The SMILES string of the molecule is O=C(Nc1cc(O)c(C2CCCCC2)cc1C(F)(F)F)c1c[nH]c2ccccc2c1=O. The number of aromatic amines is 1. The molecular weight excluding hydrogens is 409 g/mol. The molecule has 31 heavy (non-hydrogen) atoms. The standard InChI is InChI=1S/C23H21F3N2O3/c24-23(25,26)17-10-15(13-6-2-1-3-7-13)20(29)11-19(17)28-22(31)16-12-27-18-9-5-4-8-14(18)21(16)30/h4-5,8-13,29H,1-3,6-7H2,(H,27,30)(H,28,31). The van der Waals surface area contributed by atoms with Crippen LogP contribution in [-0.2, 0) is 6.18 Å². The van der Waals surface area contributed by atoms with E-state index in [0.29, 0.717) is 18.4 Å². The van der Waals surface area contributed by atoms with Gasteiger partial charge < -0.3 is 15.4 Å². The molecule has 1 aromatic heterocycles. The van der Waals surface area contributed by atoms with Gasteiger partial charge in [-0.25, -0.2) is 0 Å². The third-order valence-corrected chi connectivity index (χ3v) is 5.80. The molecule has 3 N–H and O–H groups in total. The van der Waals surface area contributed by atoms with Gasteiger partial charge in [-0.1, -0.05) is 31.4 Å². The van der Waals surface area contributed by atoms with Gasteiger partial charge in [0, 0.05) is 23.2 Å². The second-order valence-electron chi connectivity index (χ2n) is 7.82. The van der Waals surface area contributed by atoms with E-state index in [0.717, 1.165) is 31.4 Å². The topological polar surface area (TPSA) is 82.2 Å². The zero-order valence-electron chi connectivity index (χ0n) is 16.6. The summed E-state index contributed by atoms with van der Waals surface area (Å²) in [4.78, 5) is 28.1. The Morgan fingerprint density at radius 2 is 1.81 bits per heavy atom. The van der Waals surface area contributed by atoms with Gasteiger partial charge in [-0.05, 0) is 42.5 Å². The minimum Gasteiger partial charge on any atom is -0.508 e. The fraction of sp³-hybridized carbons (Fsp3) is 0.304. The number of nitrogens with one attached hydrogen (secondary N) is 2. The van der Waals surface area contributed by atoms with Crippen LogP contribution in [0.25, 0.3) is 10.9 Å². The number of pyridine rings is 1. The predicted molar refractivity (Wildman–Crippen MR) is 111 cm³/mol. The largest absolute Gasteiger partial charge is 0.508 e. The van der Waals surface area contributed by atoms with Crippen molar-refractivity contribution in [2.24, 2.45) is 0 Å². The van der Waals surface area contributed by atoms with Gasteiger partial charge in [-0.3, -0.25) is 9.59 Å². The third-order valence-electron chi connectivity index (χ3n) is 5.80. The first-order valence-electron chi connectivity index (χ1n) is 10.1. The molecule has 0 aliphatic heterocycles. The molecule has 0 unspecified atom stereocenters. The highest BCUT2D eigenvalue weighted by Crippen LogP contribution is 2.43. The molecule has 2 aromatic carbocycles. The molecule has 0 saturated heterocycles. The molecule has 0 bridgehead atoms. The number of hydrogen-bond acceptors (Lipinski definition) is 3. The highest BCUT2D eigenvalue weighted by atomic mass is 19.4. The number of para-hydroxylation sites is 1. The van der Waals surface area contributed by atoms with Gasteiger partial charge in [0.15, 0.2) is 0 Å². The van der Waals surface area contributed by atoms with Crippen LogP contribution in [0.5, 0.6) is 5.75 Å². The first kappa shape index (κ1) is 21.0. The highest BCUT2D eigenvalue weighted by molar-refractivity contribution is 6.06. The van der Waals surface area contributed by atoms with Crippen LogP contribution in [0.4, 0.5) is 18.9 Å². The summed E-state index contributed by atoms with van der Waals surface area (Å²) >= 11 is 0. The number of rotatable bonds is 3. The van der Waals surface area contributed by atoms with Crippen LogP contribution in [0.2, 0.25) is 0 Å². The quantitative estimate of drug-likeness (QED) is 0.509. The summed E-state index contributed by atoms with van der Waals surface area (Å²) in [7, 11) is 0. The number of anilines is 1. The summed E-state index contributed by atoms with van der Waals surface area (Å²) in [6.45, 7) is 0. The summed E-state index contributed by atoms with van der Waals surface area (Å²) < 4.78 is 41.3. The van der Waals surface area contributed by atoms with Gasteiger partial charge >= 0.3 is 6.18 Å². The minimum atomic E-state index is -4.74. The maximum Gasteiger partial charge on any atom is 0.418 e. The molecule has 1 aliphatic carbocycles. The van der Waals surface area contributed by atoms with Crippen molar-refractivity contribution in [3.63, 3.8) is 0 Å². The van der Waals surface area contributed by atoms with Crippen LogP contribution < -0.4 is 10.7 Å². The Balaban J connectivity index is 1.72. The van der Waals surface area contributed by atoms with Crippen LogP contribution in [0.3, 0.4) is 0 Å². The van der Waals surface area contributed by atoms with Gasteiger partial charge in [0.2, 0.25) is 5.43 Å². The summed E-state index contributed by atoms with van der Waals surface area (Å²) in [5, 5.41) is 12.8. The van der Waals surface area contributed by atoms with Crippen LogP contribution in [0, 0.1) is 0 Å². The Labute approximate surface area is 175 Å². The zero-order chi connectivity index (χ0) is 22.2. The molecule has 0 spiro atoms. The number of aromatic hydroxyl groups is 1. The molecule has 1 heterocycles. The first-order valence-corrected chi connectivity index (χ1v) is 10.1. The van der Waals surface area contributed by atoms with Gasteiger partial charge in [0.25, 0.3) is 5.91 Å². The second-order valence-corrected chi connectivity index (χ2v) is 7.82.